The Kier molecular flexibility index (Phi) is 5.50. The second-order valence-corrected chi connectivity index (χ2v) is 5.80. The second-order valence-electron chi connectivity index (χ2n) is 5.80. The van der Waals surface area contributed by atoms with E-state index in [1.165, 1.54) is 0 Å². The molecule has 1 saturated heterocycles. The van der Waals surface area contributed by atoms with E-state index in [4.69, 9.17) is 0 Å². The zero-order valence-electron chi connectivity index (χ0n) is 13.2. The maximum absolute atomic E-state index is 12.4. The van der Waals surface area contributed by atoms with Gasteiger partial charge in [0.1, 0.15) is 11.5 Å². The average Bonchev–Trinajstić information content (AvgIpc) is 2.48. The van der Waals surface area contributed by atoms with Crippen molar-refractivity contribution in [3.63, 3.8) is 0 Å². The van der Waals surface area contributed by atoms with Crippen molar-refractivity contribution in [3.05, 3.63) is 18.1 Å². The number of aromatic nitrogens is 2. The van der Waals surface area contributed by atoms with Crippen molar-refractivity contribution in [2.45, 2.75) is 20.8 Å². The van der Waals surface area contributed by atoms with Crippen LogP contribution in [0, 0.1) is 5.92 Å². The van der Waals surface area contributed by atoms with Crippen LogP contribution in [0.15, 0.2) is 12.4 Å². The topological polar surface area (TPSA) is 61.4 Å². The lowest BCUT2D eigenvalue weighted by Gasteiger charge is -2.35. The fourth-order valence-corrected chi connectivity index (χ4v) is 2.52. The largest absolute Gasteiger partial charge is 0.369 e. The highest BCUT2D eigenvalue weighted by Gasteiger charge is 2.23. The summed E-state index contributed by atoms with van der Waals surface area (Å²) >= 11 is 0. The van der Waals surface area contributed by atoms with Crippen LogP contribution in [0.3, 0.4) is 0 Å². The summed E-state index contributed by atoms with van der Waals surface area (Å²) in [5.74, 6) is 1.35. The van der Waals surface area contributed by atoms with E-state index in [0.717, 1.165) is 39.3 Å². The van der Waals surface area contributed by atoms with E-state index in [1.807, 2.05) is 11.8 Å². The van der Waals surface area contributed by atoms with E-state index >= 15 is 0 Å². The molecule has 1 aromatic heterocycles. The lowest BCUT2D eigenvalue weighted by molar-refractivity contribution is 0.0617. The van der Waals surface area contributed by atoms with Crippen LogP contribution in [0.1, 0.15) is 31.3 Å². The quantitative estimate of drug-likeness (QED) is 0.886. The number of anilines is 1. The molecular formula is C15H25N5O. The second kappa shape index (κ2) is 7.36. The molecule has 0 aliphatic carbocycles. The summed E-state index contributed by atoms with van der Waals surface area (Å²) in [5.41, 5.74) is 0.425. The fourth-order valence-electron chi connectivity index (χ4n) is 2.52. The Morgan fingerprint density at radius 2 is 1.95 bits per heavy atom. The molecule has 1 amide bonds. The predicted molar refractivity (Wildman–Crippen MR) is 83.4 cm³/mol. The summed E-state index contributed by atoms with van der Waals surface area (Å²) in [6.07, 6.45) is 3.17. The molecule has 0 aromatic carbocycles. The predicted octanol–water partition coefficient (Wildman–Crippen LogP) is 1.32. The van der Waals surface area contributed by atoms with Crippen molar-refractivity contribution < 1.29 is 4.79 Å². The van der Waals surface area contributed by atoms with E-state index in [2.05, 4.69) is 34.0 Å². The Labute approximate surface area is 126 Å². The minimum absolute atomic E-state index is 0.0188. The van der Waals surface area contributed by atoms with E-state index in [1.54, 1.807) is 12.4 Å². The third-order valence-corrected chi connectivity index (χ3v) is 3.51. The molecule has 0 unspecified atom stereocenters. The van der Waals surface area contributed by atoms with Crippen molar-refractivity contribution in [2.24, 2.45) is 5.92 Å². The van der Waals surface area contributed by atoms with Gasteiger partial charge in [-0.2, -0.15) is 0 Å². The van der Waals surface area contributed by atoms with Gasteiger partial charge in [0.2, 0.25) is 0 Å². The molecule has 0 radical (unpaired) electrons. The van der Waals surface area contributed by atoms with Gasteiger partial charge in [-0.3, -0.25) is 9.69 Å². The third-order valence-electron chi connectivity index (χ3n) is 3.51. The first-order valence-electron chi connectivity index (χ1n) is 7.67. The van der Waals surface area contributed by atoms with Crippen LogP contribution in [-0.4, -0.2) is 64.9 Å². The van der Waals surface area contributed by atoms with Crippen molar-refractivity contribution in [1.29, 1.82) is 0 Å². The van der Waals surface area contributed by atoms with Crippen molar-refractivity contribution in [3.8, 4) is 0 Å². The summed E-state index contributed by atoms with van der Waals surface area (Å²) in [7, 11) is 0. The Morgan fingerprint density at radius 3 is 2.48 bits per heavy atom. The Bertz CT molecular complexity index is 452. The van der Waals surface area contributed by atoms with Crippen molar-refractivity contribution in [1.82, 2.24) is 19.8 Å². The normalized spacial score (nSPS) is 16.3. The first-order valence-corrected chi connectivity index (χ1v) is 7.67. The molecule has 21 heavy (non-hydrogen) atoms. The lowest BCUT2D eigenvalue weighted by Crippen LogP contribution is -2.49. The van der Waals surface area contributed by atoms with E-state index in [9.17, 15) is 4.79 Å². The minimum atomic E-state index is -0.0188. The highest BCUT2D eigenvalue weighted by Crippen LogP contribution is 2.09. The van der Waals surface area contributed by atoms with Gasteiger partial charge in [-0.05, 0) is 12.8 Å². The van der Waals surface area contributed by atoms with Gasteiger partial charge in [-0.1, -0.05) is 13.8 Å². The van der Waals surface area contributed by atoms with Gasteiger partial charge in [0.15, 0.2) is 0 Å². The zero-order chi connectivity index (χ0) is 15.2. The summed E-state index contributed by atoms with van der Waals surface area (Å²) in [5, 5.41) is 3.07. The number of hydrogen-bond acceptors (Lipinski definition) is 5. The first kappa shape index (κ1) is 15.7. The highest BCUT2D eigenvalue weighted by molar-refractivity contribution is 5.92. The van der Waals surface area contributed by atoms with E-state index in [-0.39, 0.29) is 5.91 Å². The molecule has 116 valence electrons. The van der Waals surface area contributed by atoms with Crippen LogP contribution < -0.4 is 5.32 Å². The van der Waals surface area contributed by atoms with Crippen LogP contribution in [0.2, 0.25) is 0 Å². The minimum Gasteiger partial charge on any atom is -0.369 e. The number of rotatable bonds is 5. The number of amides is 1. The van der Waals surface area contributed by atoms with Crippen LogP contribution in [0.4, 0.5) is 5.82 Å². The highest BCUT2D eigenvalue weighted by atomic mass is 16.2. The third kappa shape index (κ3) is 4.39. The molecule has 2 rings (SSSR count). The van der Waals surface area contributed by atoms with Crippen molar-refractivity contribution >= 4 is 11.7 Å². The van der Waals surface area contributed by atoms with Gasteiger partial charge in [0.05, 0.1) is 12.4 Å². The van der Waals surface area contributed by atoms with Gasteiger partial charge in [-0.15, -0.1) is 0 Å². The Hall–Kier alpha value is -1.69. The molecule has 1 aliphatic heterocycles. The molecule has 1 fully saturated rings. The smallest absolute Gasteiger partial charge is 0.274 e. The monoisotopic (exact) mass is 291 g/mol. The number of nitrogens with one attached hydrogen (secondary N) is 1. The van der Waals surface area contributed by atoms with Crippen LogP contribution in [-0.2, 0) is 0 Å². The molecule has 0 saturated carbocycles. The Balaban J connectivity index is 1.89. The van der Waals surface area contributed by atoms with Crippen LogP contribution >= 0.6 is 0 Å². The molecule has 6 nitrogen and oxygen atoms in total. The summed E-state index contributed by atoms with van der Waals surface area (Å²) in [4.78, 5) is 25.1. The van der Waals surface area contributed by atoms with Gasteiger partial charge < -0.3 is 10.2 Å². The molecule has 1 aliphatic rings. The van der Waals surface area contributed by atoms with E-state index in [0.29, 0.717) is 17.4 Å². The number of piperazine rings is 1. The van der Waals surface area contributed by atoms with Crippen LogP contribution in [0.25, 0.3) is 0 Å². The first-order chi connectivity index (χ1) is 10.1. The molecule has 0 atom stereocenters. The summed E-state index contributed by atoms with van der Waals surface area (Å²) in [6, 6.07) is 0. The van der Waals surface area contributed by atoms with Gasteiger partial charge in [0.25, 0.3) is 5.91 Å². The molecule has 0 spiro atoms. The molecule has 1 aromatic rings. The van der Waals surface area contributed by atoms with E-state index < -0.39 is 0 Å². The maximum Gasteiger partial charge on any atom is 0.274 e. The van der Waals surface area contributed by atoms with Gasteiger partial charge in [0, 0.05) is 39.3 Å². The number of nitrogens with zero attached hydrogens (tertiary/aromatic N) is 4. The molecule has 0 bridgehead atoms. The standard InChI is InChI=1S/C15H25N5O/c1-4-16-14-10-17-13(9-18-14)15(21)20-7-5-19(6-8-20)11-12(2)3/h9-10,12H,4-8,11H2,1-3H3,(H,16,18). The lowest BCUT2D eigenvalue weighted by atomic mass is 10.2. The van der Waals surface area contributed by atoms with Gasteiger partial charge in [-0.25, -0.2) is 9.97 Å². The molecule has 6 heteroatoms. The SMILES string of the molecule is CCNc1cnc(C(=O)N2CCN(CC(C)C)CC2)cn1. The maximum atomic E-state index is 12.4. The number of carbonyl (C=O) groups excluding carboxylic acids is 1. The van der Waals surface area contributed by atoms with Gasteiger partial charge >= 0.3 is 0 Å². The summed E-state index contributed by atoms with van der Waals surface area (Å²) < 4.78 is 0. The molecule has 1 N–H and O–H groups in total. The Morgan fingerprint density at radius 1 is 1.24 bits per heavy atom. The van der Waals surface area contributed by atoms with Crippen molar-refractivity contribution in [2.75, 3.05) is 44.6 Å². The number of carbonyl (C=O) groups is 1. The average molecular weight is 291 g/mol. The summed E-state index contributed by atoms with van der Waals surface area (Å²) in [6.45, 7) is 11.7. The molecule has 2 heterocycles. The van der Waals surface area contributed by atoms with Crippen LogP contribution in [0.5, 0.6) is 0 Å². The number of hydrogen-bond donors (Lipinski definition) is 1. The fraction of sp³-hybridized carbons (Fsp3) is 0.667. The zero-order valence-corrected chi connectivity index (χ0v) is 13.2. The molecular weight excluding hydrogens is 266 g/mol.